The monoisotopic (exact) mass is 381 g/mol. The topological polar surface area (TPSA) is 61.9 Å². The summed E-state index contributed by atoms with van der Waals surface area (Å²) < 4.78 is 5.12. The van der Waals surface area contributed by atoms with Gasteiger partial charge in [-0.2, -0.15) is 0 Å². The first-order valence-corrected chi connectivity index (χ1v) is 9.54. The van der Waals surface area contributed by atoms with Crippen LogP contribution < -0.4 is 15.0 Å². The molecule has 0 unspecified atom stereocenters. The molecule has 6 nitrogen and oxygen atoms in total. The van der Waals surface area contributed by atoms with Crippen molar-refractivity contribution in [2.75, 3.05) is 38.2 Å². The Kier molecular flexibility index (Phi) is 6.53. The van der Waals surface area contributed by atoms with Gasteiger partial charge in [-0.25, -0.2) is 0 Å². The van der Waals surface area contributed by atoms with Crippen molar-refractivity contribution in [1.29, 1.82) is 0 Å². The van der Waals surface area contributed by atoms with Gasteiger partial charge in [0.2, 0.25) is 11.8 Å². The van der Waals surface area contributed by atoms with Crippen molar-refractivity contribution in [3.63, 3.8) is 0 Å². The molecule has 1 fully saturated rings. The molecule has 1 aliphatic rings. The van der Waals surface area contributed by atoms with Crippen LogP contribution in [0.15, 0.2) is 48.5 Å². The van der Waals surface area contributed by atoms with Crippen molar-refractivity contribution >= 4 is 17.5 Å². The van der Waals surface area contributed by atoms with Crippen molar-refractivity contribution in [1.82, 2.24) is 10.2 Å². The number of hydrogen-bond donors (Lipinski definition) is 1. The van der Waals surface area contributed by atoms with E-state index in [9.17, 15) is 9.59 Å². The Bertz CT molecular complexity index is 812. The third-order valence-electron chi connectivity index (χ3n) is 4.96. The summed E-state index contributed by atoms with van der Waals surface area (Å²) in [7, 11) is 1.61. The van der Waals surface area contributed by atoms with Crippen LogP contribution in [0.1, 0.15) is 17.5 Å². The van der Waals surface area contributed by atoms with E-state index in [-0.39, 0.29) is 18.2 Å². The summed E-state index contributed by atoms with van der Waals surface area (Å²) in [6.07, 6.45) is -0.111. The fraction of sp³-hybridized carbons (Fsp3) is 0.364. The van der Waals surface area contributed by atoms with Gasteiger partial charge in [-0.3, -0.25) is 9.59 Å². The maximum atomic E-state index is 12.4. The molecule has 0 atom stereocenters. The second kappa shape index (κ2) is 9.26. The maximum Gasteiger partial charge on any atom is 0.232 e. The molecular formula is C22H27N3O3. The minimum atomic E-state index is -0.248. The number of carbonyl (C=O) groups is 2. The lowest BCUT2D eigenvalue weighted by Crippen LogP contribution is -2.49. The summed E-state index contributed by atoms with van der Waals surface area (Å²) in [5, 5.41) is 2.81. The molecule has 2 aromatic rings. The quantitative estimate of drug-likeness (QED) is 0.781. The van der Waals surface area contributed by atoms with E-state index in [0.717, 1.165) is 24.4 Å². The normalized spacial score (nSPS) is 13.9. The second-order valence-electron chi connectivity index (χ2n) is 7.01. The molecule has 2 aromatic carbocycles. The molecule has 2 amide bonds. The van der Waals surface area contributed by atoms with E-state index in [2.05, 4.69) is 41.4 Å². The van der Waals surface area contributed by atoms with Crippen molar-refractivity contribution in [3.8, 4) is 5.75 Å². The lowest BCUT2D eigenvalue weighted by atomic mass is 10.2. The number of aryl methyl sites for hydroxylation is 1. The Morgan fingerprint density at radius 1 is 1.04 bits per heavy atom. The van der Waals surface area contributed by atoms with E-state index in [4.69, 9.17) is 4.74 Å². The van der Waals surface area contributed by atoms with Crippen molar-refractivity contribution in [3.05, 3.63) is 59.7 Å². The third-order valence-corrected chi connectivity index (χ3v) is 4.96. The molecule has 6 heteroatoms. The van der Waals surface area contributed by atoms with Gasteiger partial charge in [-0.05, 0) is 42.3 Å². The van der Waals surface area contributed by atoms with Crippen LogP contribution in [0, 0.1) is 6.92 Å². The molecule has 28 heavy (non-hydrogen) atoms. The molecule has 1 aliphatic heterocycles. The van der Waals surface area contributed by atoms with E-state index >= 15 is 0 Å². The first kappa shape index (κ1) is 19.7. The molecule has 0 radical (unpaired) electrons. The Morgan fingerprint density at radius 2 is 1.75 bits per heavy atom. The first-order chi connectivity index (χ1) is 13.5. The highest BCUT2D eigenvalue weighted by atomic mass is 16.5. The van der Waals surface area contributed by atoms with Gasteiger partial charge in [-0.1, -0.05) is 24.3 Å². The third kappa shape index (κ3) is 5.25. The van der Waals surface area contributed by atoms with E-state index in [1.165, 1.54) is 11.3 Å². The maximum absolute atomic E-state index is 12.4. The van der Waals surface area contributed by atoms with E-state index < -0.39 is 0 Å². The number of benzene rings is 2. The summed E-state index contributed by atoms with van der Waals surface area (Å²) >= 11 is 0. The number of anilines is 1. The van der Waals surface area contributed by atoms with Gasteiger partial charge in [0.05, 0.1) is 7.11 Å². The number of rotatable bonds is 6. The van der Waals surface area contributed by atoms with E-state index in [1.54, 1.807) is 12.0 Å². The number of nitrogens with one attached hydrogen (secondary N) is 1. The zero-order valence-corrected chi connectivity index (χ0v) is 16.5. The van der Waals surface area contributed by atoms with Gasteiger partial charge in [0, 0.05) is 38.4 Å². The number of carbonyl (C=O) groups excluding carboxylic acids is 2. The van der Waals surface area contributed by atoms with Gasteiger partial charge < -0.3 is 19.9 Å². The summed E-state index contributed by atoms with van der Waals surface area (Å²) in [5.41, 5.74) is 3.38. The molecule has 3 rings (SSSR count). The molecule has 148 valence electrons. The fourth-order valence-corrected chi connectivity index (χ4v) is 3.29. The second-order valence-corrected chi connectivity index (χ2v) is 7.01. The predicted molar refractivity (Wildman–Crippen MR) is 109 cm³/mol. The number of methoxy groups -OCH3 is 1. The van der Waals surface area contributed by atoms with Crippen LogP contribution in [0.3, 0.4) is 0 Å². The zero-order valence-electron chi connectivity index (χ0n) is 16.5. The SMILES string of the molecule is COc1ccc(CNC(=O)CC(=O)N2CCN(c3cccc(C)c3)CC2)cc1. The van der Waals surface area contributed by atoms with Gasteiger partial charge >= 0.3 is 0 Å². The van der Waals surface area contributed by atoms with Gasteiger partial charge in [0.1, 0.15) is 12.2 Å². The minimum Gasteiger partial charge on any atom is -0.497 e. The molecule has 1 heterocycles. The standard InChI is InChI=1S/C22H27N3O3/c1-17-4-3-5-19(14-17)24-10-12-25(13-11-24)22(27)15-21(26)23-16-18-6-8-20(28-2)9-7-18/h3-9,14H,10-13,15-16H2,1-2H3,(H,23,26). The van der Waals surface area contributed by atoms with Crippen LogP contribution >= 0.6 is 0 Å². The molecule has 0 aromatic heterocycles. The van der Waals surface area contributed by atoms with Crippen LogP contribution in [0.5, 0.6) is 5.75 Å². The van der Waals surface area contributed by atoms with E-state index in [1.807, 2.05) is 24.3 Å². The average molecular weight is 381 g/mol. The number of nitrogens with zero attached hydrogens (tertiary/aromatic N) is 2. The Labute approximate surface area is 166 Å². The Hall–Kier alpha value is -3.02. The number of ether oxygens (including phenoxy) is 1. The number of piperazine rings is 1. The average Bonchev–Trinajstić information content (AvgIpc) is 2.72. The van der Waals surface area contributed by atoms with Gasteiger partial charge in [0.25, 0.3) is 0 Å². The van der Waals surface area contributed by atoms with Gasteiger partial charge in [0.15, 0.2) is 0 Å². The summed E-state index contributed by atoms with van der Waals surface area (Å²) in [4.78, 5) is 28.6. The highest BCUT2D eigenvalue weighted by Crippen LogP contribution is 2.18. The lowest BCUT2D eigenvalue weighted by molar-refractivity contribution is -0.136. The van der Waals surface area contributed by atoms with Gasteiger partial charge in [-0.15, -0.1) is 0 Å². The molecule has 1 saturated heterocycles. The summed E-state index contributed by atoms with van der Waals surface area (Å²) in [5.74, 6) is 0.410. The number of hydrogen-bond acceptors (Lipinski definition) is 4. The molecule has 0 saturated carbocycles. The molecular weight excluding hydrogens is 354 g/mol. The molecule has 0 bridgehead atoms. The van der Waals surface area contributed by atoms with Crippen molar-refractivity contribution in [2.24, 2.45) is 0 Å². The zero-order chi connectivity index (χ0) is 19.9. The molecule has 1 N–H and O–H groups in total. The van der Waals surface area contributed by atoms with Crippen molar-refractivity contribution in [2.45, 2.75) is 19.9 Å². The lowest BCUT2D eigenvalue weighted by Gasteiger charge is -2.36. The summed E-state index contributed by atoms with van der Waals surface area (Å²) in [6, 6.07) is 15.9. The molecule has 0 spiro atoms. The van der Waals surface area contributed by atoms with Crippen LogP contribution in [0.25, 0.3) is 0 Å². The Balaban J connectivity index is 1.42. The highest BCUT2D eigenvalue weighted by Gasteiger charge is 2.22. The molecule has 0 aliphatic carbocycles. The Morgan fingerprint density at radius 3 is 2.39 bits per heavy atom. The van der Waals surface area contributed by atoms with Crippen LogP contribution in [-0.2, 0) is 16.1 Å². The van der Waals surface area contributed by atoms with Crippen LogP contribution in [0.2, 0.25) is 0 Å². The minimum absolute atomic E-state index is 0.111. The van der Waals surface area contributed by atoms with Crippen molar-refractivity contribution < 1.29 is 14.3 Å². The van der Waals surface area contributed by atoms with Crippen LogP contribution in [-0.4, -0.2) is 50.0 Å². The fourth-order valence-electron chi connectivity index (χ4n) is 3.29. The smallest absolute Gasteiger partial charge is 0.232 e. The predicted octanol–water partition coefficient (Wildman–Crippen LogP) is 2.36. The highest BCUT2D eigenvalue weighted by molar-refractivity contribution is 5.96. The largest absolute Gasteiger partial charge is 0.497 e. The first-order valence-electron chi connectivity index (χ1n) is 9.54. The number of amides is 2. The van der Waals surface area contributed by atoms with Crippen LogP contribution in [0.4, 0.5) is 5.69 Å². The summed E-state index contributed by atoms with van der Waals surface area (Å²) in [6.45, 7) is 5.31. The van der Waals surface area contributed by atoms with E-state index in [0.29, 0.717) is 19.6 Å².